The van der Waals surface area contributed by atoms with E-state index in [9.17, 15) is 9.59 Å². The number of carbonyl (C=O) groups is 1. The van der Waals surface area contributed by atoms with Crippen molar-refractivity contribution >= 4 is 11.9 Å². The lowest BCUT2D eigenvalue weighted by Crippen LogP contribution is -2.33. The molecule has 5 N–H and O–H groups in total. The van der Waals surface area contributed by atoms with Crippen LogP contribution >= 0.6 is 0 Å². The molecule has 11 heavy (non-hydrogen) atoms. The van der Waals surface area contributed by atoms with E-state index < -0.39 is 12.0 Å². The number of hydrogen-bond acceptors (Lipinski definition) is 4. The van der Waals surface area contributed by atoms with E-state index in [4.69, 9.17) is 16.6 Å². The fraction of sp³-hybridized carbons (Fsp3) is 0.500. The molecular weight excluding hydrogens is 148 g/mol. The van der Waals surface area contributed by atoms with Gasteiger partial charge in [0.2, 0.25) is 0 Å². The molecule has 0 heterocycles. The molecule has 0 aliphatic carbocycles. The first kappa shape index (κ1) is 9.84. The van der Waals surface area contributed by atoms with Crippen LogP contribution in [-0.4, -0.2) is 29.6 Å². The molecule has 62 valence electrons. The monoisotopic (exact) mass is 158 g/mol. The molecule has 5 nitrogen and oxygen atoms in total. The lowest BCUT2D eigenvalue weighted by Gasteiger charge is -2.05. The lowest BCUT2D eigenvalue weighted by molar-refractivity contribution is -0.137. The molecule has 0 aromatic heterocycles. The zero-order valence-corrected chi connectivity index (χ0v) is 5.91. The summed E-state index contributed by atoms with van der Waals surface area (Å²) in [6.45, 7) is 0.200. The zero-order chi connectivity index (χ0) is 8.85. The Balaban J connectivity index is 4.28. The fourth-order valence-electron chi connectivity index (χ4n) is 0.575. The van der Waals surface area contributed by atoms with Crippen molar-refractivity contribution in [1.29, 1.82) is 0 Å². The molecule has 0 aliphatic rings. The van der Waals surface area contributed by atoms with Crippen LogP contribution in [0.1, 0.15) is 6.42 Å². The quantitative estimate of drug-likeness (QED) is 0.432. The van der Waals surface area contributed by atoms with Crippen molar-refractivity contribution in [2.45, 2.75) is 12.5 Å². The van der Waals surface area contributed by atoms with E-state index in [-0.39, 0.29) is 18.5 Å². The molecule has 0 spiro atoms. The topological polar surface area (TPSA) is 106 Å². The standard InChI is InChI=1S/C6H10N2O3/c7-2-1-4(3-9)5(8)6(10)11/h5H,1-2,7-8H2,(H,10,11). The molecule has 0 amide bonds. The Labute approximate surface area is 63.7 Å². The van der Waals surface area contributed by atoms with E-state index in [2.05, 4.69) is 0 Å². The number of carboxylic acid groups (broad SMARTS) is 1. The Morgan fingerprint density at radius 1 is 1.64 bits per heavy atom. The summed E-state index contributed by atoms with van der Waals surface area (Å²) in [5.74, 6) is 0.226. The minimum absolute atomic E-state index is 0.000000000000000444. The van der Waals surface area contributed by atoms with Crippen molar-refractivity contribution < 1.29 is 14.7 Å². The summed E-state index contributed by atoms with van der Waals surface area (Å²) in [5, 5.41) is 8.34. The van der Waals surface area contributed by atoms with Gasteiger partial charge in [0, 0.05) is 5.57 Å². The van der Waals surface area contributed by atoms with E-state index in [0.29, 0.717) is 0 Å². The van der Waals surface area contributed by atoms with Gasteiger partial charge in [-0.2, -0.15) is 0 Å². The van der Waals surface area contributed by atoms with Gasteiger partial charge in [-0.1, -0.05) is 0 Å². The van der Waals surface area contributed by atoms with Crippen molar-refractivity contribution in [3.8, 4) is 0 Å². The van der Waals surface area contributed by atoms with Crippen LogP contribution in [0.3, 0.4) is 0 Å². The molecule has 0 aromatic carbocycles. The Hall–Kier alpha value is -1.16. The molecule has 5 heteroatoms. The number of hydrogen-bond donors (Lipinski definition) is 3. The highest BCUT2D eigenvalue weighted by atomic mass is 16.4. The van der Waals surface area contributed by atoms with E-state index in [1.807, 2.05) is 0 Å². The van der Waals surface area contributed by atoms with Crippen molar-refractivity contribution in [2.24, 2.45) is 11.5 Å². The third kappa shape index (κ3) is 2.95. The fourth-order valence-corrected chi connectivity index (χ4v) is 0.575. The highest BCUT2D eigenvalue weighted by molar-refractivity contribution is 5.80. The van der Waals surface area contributed by atoms with Crippen LogP contribution in [0.5, 0.6) is 0 Å². The van der Waals surface area contributed by atoms with Crippen molar-refractivity contribution in [3.63, 3.8) is 0 Å². The maximum atomic E-state index is 10.2. The smallest absolute Gasteiger partial charge is 0.325 e. The molecule has 0 saturated heterocycles. The number of carbonyl (C=O) groups excluding carboxylic acids is 1. The Morgan fingerprint density at radius 3 is 2.45 bits per heavy atom. The Morgan fingerprint density at radius 2 is 2.18 bits per heavy atom. The van der Waals surface area contributed by atoms with Gasteiger partial charge in [-0.25, -0.2) is 4.79 Å². The van der Waals surface area contributed by atoms with E-state index in [1.165, 1.54) is 5.94 Å². The third-order valence-electron chi connectivity index (χ3n) is 1.19. The number of carboxylic acids is 1. The molecule has 0 aliphatic heterocycles. The summed E-state index contributed by atoms with van der Waals surface area (Å²) in [5.41, 5.74) is 10.2. The van der Waals surface area contributed by atoms with Crippen molar-refractivity contribution in [3.05, 3.63) is 5.57 Å². The molecule has 0 radical (unpaired) electrons. The van der Waals surface area contributed by atoms with Crippen LogP contribution in [0.25, 0.3) is 0 Å². The maximum absolute atomic E-state index is 10.2. The van der Waals surface area contributed by atoms with Crippen molar-refractivity contribution in [2.75, 3.05) is 6.54 Å². The second-order valence-electron chi connectivity index (χ2n) is 1.98. The van der Waals surface area contributed by atoms with Gasteiger partial charge in [0.15, 0.2) is 0 Å². The predicted molar refractivity (Wildman–Crippen MR) is 38.5 cm³/mol. The molecule has 0 rings (SSSR count). The molecule has 1 atom stereocenters. The predicted octanol–water partition coefficient (Wildman–Crippen LogP) is -1.49. The average Bonchev–Trinajstić information content (AvgIpc) is 1.98. The van der Waals surface area contributed by atoms with E-state index >= 15 is 0 Å². The van der Waals surface area contributed by atoms with Gasteiger partial charge in [0.25, 0.3) is 0 Å². The lowest BCUT2D eigenvalue weighted by atomic mass is 10.1. The molecule has 0 aromatic rings. The van der Waals surface area contributed by atoms with Gasteiger partial charge in [0.05, 0.1) is 0 Å². The second-order valence-corrected chi connectivity index (χ2v) is 1.98. The van der Waals surface area contributed by atoms with Crippen LogP contribution < -0.4 is 11.5 Å². The minimum Gasteiger partial charge on any atom is -0.480 e. The van der Waals surface area contributed by atoms with Gasteiger partial charge in [-0.05, 0) is 13.0 Å². The van der Waals surface area contributed by atoms with Gasteiger partial charge < -0.3 is 16.6 Å². The summed E-state index contributed by atoms with van der Waals surface area (Å²) in [6, 6.07) is -1.27. The highest BCUT2D eigenvalue weighted by Crippen LogP contribution is 1.99. The minimum atomic E-state index is -1.27. The third-order valence-corrected chi connectivity index (χ3v) is 1.19. The van der Waals surface area contributed by atoms with Gasteiger partial charge in [-0.15, -0.1) is 0 Å². The summed E-state index contributed by atoms with van der Waals surface area (Å²) < 4.78 is 0. The van der Waals surface area contributed by atoms with Crippen LogP contribution in [0.15, 0.2) is 5.57 Å². The zero-order valence-electron chi connectivity index (χ0n) is 5.91. The summed E-state index contributed by atoms with van der Waals surface area (Å²) in [6.07, 6.45) is 0.178. The number of nitrogens with two attached hydrogens (primary N) is 2. The van der Waals surface area contributed by atoms with Crippen LogP contribution in [0.2, 0.25) is 0 Å². The van der Waals surface area contributed by atoms with E-state index in [1.54, 1.807) is 0 Å². The molecule has 0 fully saturated rings. The van der Waals surface area contributed by atoms with Crippen LogP contribution in [0.4, 0.5) is 0 Å². The first-order valence-corrected chi connectivity index (χ1v) is 3.05. The summed E-state index contributed by atoms with van der Waals surface area (Å²) >= 11 is 0. The molecule has 1 unspecified atom stereocenters. The SMILES string of the molecule is NCCC(=C=O)C(N)C(=O)O. The van der Waals surface area contributed by atoms with Crippen molar-refractivity contribution in [1.82, 2.24) is 0 Å². The van der Waals surface area contributed by atoms with Gasteiger partial charge >= 0.3 is 5.97 Å². The van der Waals surface area contributed by atoms with Crippen LogP contribution in [0, 0.1) is 0 Å². The first-order chi connectivity index (χ1) is 5.13. The van der Waals surface area contributed by atoms with Gasteiger partial charge in [0.1, 0.15) is 12.0 Å². The largest absolute Gasteiger partial charge is 0.480 e. The maximum Gasteiger partial charge on any atom is 0.325 e. The average molecular weight is 158 g/mol. The Kier molecular flexibility index (Phi) is 4.14. The van der Waals surface area contributed by atoms with E-state index in [0.717, 1.165) is 0 Å². The second kappa shape index (κ2) is 4.62. The normalized spacial score (nSPS) is 11.8. The molecule has 0 bridgehead atoms. The number of aliphatic carboxylic acids is 1. The highest BCUT2D eigenvalue weighted by Gasteiger charge is 2.17. The number of rotatable bonds is 4. The summed E-state index contributed by atoms with van der Waals surface area (Å²) in [7, 11) is 0. The van der Waals surface area contributed by atoms with Crippen LogP contribution in [-0.2, 0) is 9.59 Å². The summed E-state index contributed by atoms with van der Waals surface area (Å²) in [4.78, 5) is 20.3. The van der Waals surface area contributed by atoms with Gasteiger partial charge in [-0.3, -0.25) is 4.79 Å². The molecule has 0 saturated carbocycles. The Bertz CT molecular complexity index is 196. The molecular formula is C6H10N2O3. The first-order valence-electron chi connectivity index (χ1n) is 3.05.